The highest BCUT2D eigenvalue weighted by atomic mass is 35.5. The molecule has 2 aromatic carbocycles. The number of halogens is 1. The molecule has 6 nitrogen and oxygen atoms in total. The Balaban J connectivity index is 1.83. The van der Waals surface area contributed by atoms with Crippen molar-refractivity contribution >= 4 is 44.0 Å². The summed E-state index contributed by atoms with van der Waals surface area (Å²) < 4.78 is 39.5. The largest absolute Gasteiger partial charge is 0.348 e. The SMILES string of the molecule is Cc1ccc(NS(=O)(=O)c2ccc(Cl)c(C(=O)N[C@H]3CC[S@](=O)C3)c2)cc1C. The van der Waals surface area contributed by atoms with Gasteiger partial charge in [-0.1, -0.05) is 17.7 Å². The summed E-state index contributed by atoms with van der Waals surface area (Å²) in [7, 11) is -4.82. The van der Waals surface area contributed by atoms with Crippen molar-refractivity contribution in [1.29, 1.82) is 0 Å². The fourth-order valence-corrected chi connectivity index (χ4v) is 5.60. The molecule has 0 saturated carbocycles. The van der Waals surface area contributed by atoms with Gasteiger partial charge in [0.25, 0.3) is 15.9 Å². The summed E-state index contributed by atoms with van der Waals surface area (Å²) in [5, 5.41) is 2.93. The lowest BCUT2D eigenvalue weighted by atomic mass is 10.1. The Hall–Kier alpha value is -1.90. The number of aryl methyl sites for hydroxylation is 2. The van der Waals surface area contributed by atoms with Crippen molar-refractivity contribution in [3.63, 3.8) is 0 Å². The minimum atomic E-state index is -3.89. The van der Waals surface area contributed by atoms with E-state index in [2.05, 4.69) is 10.0 Å². The van der Waals surface area contributed by atoms with Crippen molar-refractivity contribution in [2.24, 2.45) is 0 Å². The third kappa shape index (κ3) is 4.74. The third-order valence-electron chi connectivity index (χ3n) is 4.67. The van der Waals surface area contributed by atoms with Gasteiger partial charge in [0.15, 0.2) is 0 Å². The first-order chi connectivity index (χ1) is 13.2. The van der Waals surface area contributed by atoms with E-state index >= 15 is 0 Å². The van der Waals surface area contributed by atoms with E-state index in [1.165, 1.54) is 18.2 Å². The molecule has 0 radical (unpaired) electrons. The molecule has 2 aromatic rings. The predicted molar refractivity (Wildman–Crippen MR) is 112 cm³/mol. The lowest BCUT2D eigenvalue weighted by molar-refractivity contribution is 0.0941. The van der Waals surface area contributed by atoms with Crippen LogP contribution in [0.25, 0.3) is 0 Å². The molecule has 1 saturated heterocycles. The second-order valence-corrected chi connectivity index (χ2v) is 10.5. The number of nitrogens with one attached hydrogen (secondary N) is 2. The van der Waals surface area contributed by atoms with Crippen LogP contribution < -0.4 is 10.0 Å². The molecule has 1 amide bonds. The summed E-state index contributed by atoms with van der Waals surface area (Å²) >= 11 is 6.12. The smallest absolute Gasteiger partial charge is 0.261 e. The Morgan fingerprint density at radius 1 is 1.14 bits per heavy atom. The van der Waals surface area contributed by atoms with Gasteiger partial charge in [0, 0.05) is 34.0 Å². The van der Waals surface area contributed by atoms with Crippen LogP contribution >= 0.6 is 11.6 Å². The predicted octanol–water partition coefficient (Wildman–Crippen LogP) is 3.01. The Morgan fingerprint density at radius 2 is 1.89 bits per heavy atom. The third-order valence-corrected chi connectivity index (χ3v) is 7.84. The van der Waals surface area contributed by atoms with Crippen LogP contribution in [0.5, 0.6) is 0 Å². The number of sulfonamides is 1. The molecule has 0 aromatic heterocycles. The van der Waals surface area contributed by atoms with Crippen LogP contribution in [0, 0.1) is 13.8 Å². The monoisotopic (exact) mass is 440 g/mol. The highest BCUT2D eigenvalue weighted by Crippen LogP contribution is 2.24. The van der Waals surface area contributed by atoms with E-state index in [9.17, 15) is 17.4 Å². The molecule has 9 heteroatoms. The molecule has 150 valence electrons. The van der Waals surface area contributed by atoms with Crippen molar-refractivity contribution in [1.82, 2.24) is 5.32 Å². The highest BCUT2D eigenvalue weighted by molar-refractivity contribution is 7.92. The van der Waals surface area contributed by atoms with Crippen LogP contribution in [0.1, 0.15) is 27.9 Å². The Bertz CT molecular complexity index is 1050. The molecule has 3 rings (SSSR count). The van der Waals surface area contributed by atoms with Crippen LogP contribution in [0.2, 0.25) is 5.02 Å². The normalized spacial score (nSPS) is 19.4. The number of carbonyl (C=O) groups is 1. The molecule has 2 N–H and O–H groups in total. The fourth-order valence-electron chi connectivity index (χ4n) is 2.91. The molecule has 28 heavy (non-hydrogen) atoms. The molecule has 1 fully saturated rings. The molecule has 1 aliphatic heterocycles. The summed E-state index contributed by atoms with van der Waals surface area (Å²) in [5.74, 6) is 0.472. The zero-order valence-corrected chi connectivity index (χ0v) is 17.9. The van der Waals surface area contributed by atoms with Crippen molar-refractivity contribution in [3.8, 4) is 0 Å². The van der Waals surface area contributed by atoms with Gasteiger partial charge in [0.05, 0.1) is 15.5 Å². The summed E-state index contributed by atoms with van der Waals surface area (Å²) in [6.07, 6.45) is 0.627. The van der Waals surface area contributed by atoms with E-state index in [-0.39, 0.29) is 21.5 Å². The van der Waals surface area contributed by atoms with Crippen LogP contribution in [0.3, 0.4) is 0 Å². The van der Waals surface area contributed by atoms with Crippen LogP contribution in [0.15, 0.2) is 41.3 Å². The van der Waals surface area contributed by atoms with Crippen molar-refractivity contribution in [3.05, 3.63) is 58.1 Å². The topological polar surface area (TPSA) is 92.3 Å². The van der Waals surface area contributed by atoms with Crippen molar-refractivity contribution in [2.75, 3.05) is 16.2 Å². The van der Waals surface area contributed by atoms with Crippen LogP contribution in [0.4, 0.5) is 5.69 Å². The maximum absolute atomic E-state index is 12.7. The molecule has 0 unspecified atom stereocenters. The molecule has 0 bridgehead atoms. The first-order valence-corrected chi connectivity index (χ1v) is 12.1. The maximum atomic E-state index is 12.7. The van der Waals surface area contributed by atoms with Gasteiger partial charge in [-0.25, -0.2) is 8.42 Å². The van der Waals surface area contributed by atoms with Crippen molar-refractivity contribution in [2.45, 2.75) is 31.2 Å². The standard InChI is InChI=1S/C19H21ClN2O4S2/c1-12-3-4-14(9-13(12)2)22-28(25,26)16-5-6-18(20)17(10-16)19(23)21-15-7-8-27(24)11-15/h3-6,9-10,15,22H,7-8,11H2,1-2H3,(H,21,23)/t15-,27-/m0/s1. The second kappa shape index (κ2) is 8.23. The summed E-state index contributed by atoms with van der Waals surface area (Å²) in [6.45, 7) is 3.84. The van der Waals surface area contributed by atoms with Gasteiger partial charge in [-0.3, -0.25) is 13.7 Å². The molecular formula is C19H21ClN2O4S2. The van der Waals surface area contributed by atoms with Gasteiger partial charge in [0.1, 0.15) is 0 Å². The minimum Gasteiger partial charge on any atom is -0.348 e. The average molecular weight is 441 g/mol. The molecule has 1 aliphatic rings. The summed E-state index contributed by atoms with van der Waals surface area (Å²) in [4.78, 5) is 12.5. The molecule has 0 spiro atoms. The maximum Gasteiger partial charge on any atom is 0.261 e. The van der Waals surface area contributed by atoms with Gasteiger partial charge in [-0.15, -0.1) is 0 Å². The molecular weight excluding hydrogens is 420 g/mol. The van der Waals surface area contributed by atoms with Crippen LogP contribution in [-0.4, -0.2) is 36.1 Å². The van der Waals surface area contributed by atoms with E-state index in [0.717, 1.165) is 11.1 Å². The first kappa shape index (κ1) is 20.8. The van der Waals surface area contributed by atoms with Gasteiger partial charge in [0.2, 0.25) is 0 Å². The lowest BCUT2D eigenvalue weighted by Crippen LogP contribution is -2.35. The number of hydrogen-bond donors (Lipinski definition) is 2. The minimum absolute atomic E-state index is 0.0599. The Labute approximate surface area is 172 Å². The fraction of sp³-hybridized carbons (Fsp3) is 0.316. The number of benzene rings is 2. The molecule has 1 heterocycles. The second-order valence-electron chi connectivity index (χ2n) is 6.82. The van der Waals surface area contributed by atoms with E-state index in [4.69, 9.17) is 11.6 Å². The molecule has 2 atom stereocenters. The highest BCUT2D eigenvalue weighted by Gasteiger charge is 2.25. The number of hydrogen-bond acceptors (Lipinski definition) is 4. The zero-order valence-electron chi connectivity index (χ0n) is 15.5. The summed E-state index contributed by atoms with van der Waals surface area (Å²) in [6, 6.07) is 9.07. The number of carbonyl (C=O) groups excluding carboxylic acids is 1. The number of rotatable bonds is 5. The number of amides is 1. The Kier molecular flexibility index (Phi) is 6.12. The quantitative estimate of drug-likeness (QED) is 0.747. The Morgan fingerprint density at radius 3 is 2.54 bits per heavy atom. The van der Waals surface area contributed by atoms with E-state index in [1.54, 1.807) is 12.1 Å². The van der Waals surface area contributed by atoms with Gasteiger partial charge >= 0.3 is 0 Å². The van der Waals surface area contributed by atoms with Crippen LogP contribution in [-0.2, 0) is 20.8 Å². The summed E-state index contributed by atoms with van der Waals surface area (Å²) in [5.41, 5.74) is 2.53. The molecule has 0 aliphatic carbocycles. The zero-order chi connectivity index (χ0) is 20.5. The van der Waals surface area contributed by atoms with Gasteiger partial charge in [-0.05, 0) is 61.7 Å². The van der Waals surface area contributed by atoms with Gasteiger partial charge in [-0.2, -0.15) is 0 Å². The van der Waals surface area contributed by atoms with E-state index in [1.807, 2.05) is 19.9 Å². The van der Waals surface area contributed by atoms with E-state index < -0.39 is 26.7 Å². The lowest BCUT2D eigenvalue weighted by Gasteiger charge is -2.14. The first-order valence-electron chi connectivity index (χ1n) is 8.71. The average Bonchev–Trinajstić information content (AvgIpc) is 3.02. The van der Waals surface area contributed by atoms with Gasteiger partial charge < -0.3 is 5.32 Å². The van der Waals surface area contributed by atoms with E-state index in [0.29, 0.717) is 23.6 Å². The van der Waals surface area contributed by atoms with Crippen molar-refractivity contribution < 1.29 is 17.4 Å². The number of anilines is 1.